The Labute approximate surface area is 201 Å². The van der Waals surface area contributed by atoms with Gasteiger partial charge >= 0.3 is 5.97 Å². The minimum atomic E-state index is -0.257. The average molecular weight is 455 g/mol. The van der Waals surface area contributed by atoms with Crippen molar-refractivity contribution < 1.29 is 14.6 Å². The average Bonchev–Trinajstić information content (AvgIpc) is 3.03. The number of aliphatic hydroxyl groups is 1. The van der Waals surface area contributed by atoms with Crippen molar-refractivity contribution in [3.63, 3.8) is 0 Å². The fourth-order valence-electron chi connectivity index (χ4n) is 11.0. The van der Waals surface area contributed by atoms with Gasteiger partial charge in [-0.15, -0.1) is 0 Å². The highest BCUT2D eigenvalue weighted by Gasteiger charge is 2.74. The molecule has 3 nitrogen and oxygen atoms in total. The number of ether oxygens (including phenoxy) is 1. The fourth-order valence-corrected chi connectivity index (χ4v) is 11.0. The van der Waals surface area contributed by atoms with E-state index < -0.39 is 0 Å². The molecular weight excluding hydrogens is 408 g/mol. The van der Waals surface area contributed by atoms with E-state index in [4.69, 9.17) is 4.74 Å². The Morgan fingerprint density at radius 1 is 0.909 bits per heavy atom. The third-order valence-corrected chi connectivity index (χ3v) is 13.3. The molecule has 6 aliphatic rings. The van der Waals surface area contributed by atoms with Crippen LogP contribution in [0.4, 0.5) is 0 Å². The first-order valence-electron chi connectivity index (χ1n) is 13.8. The number of hydrogen-bond donors (Lipinski definition) is 1. The van der Waals surface area contributed by atoms with Crippen LogP contribution in [0.15, 0.2) is 11.6 Å². The molecule has 0 amide bonds. The molecular formula is C30H46O3. The lowest BCUT2D eigenvalue weighted by atomic mass is 9.33. The molecule has 3 heteroatoms. The Kier molecular flexibility index (Phi) is 4.31. The van der Waals surface area contributed by atoms with Crippen LogP contribution in [-0.4, -0.2) is 23.3 Å². The van der Waals surface area contributed by atoms with E-state index in [9.17, 15) is 9.90 Å². The standard InChI is InChI=1S/C30H46O3/c1-25(2)14-15-30-17-23(33-24(30)32)29(7)18(19(30)16-25)8-9-21-27(5)12-11-22(31)26(3,4)20(27)10-13-28(21,29)6/h8,19-23,31H,9-17H2,1-7H3/t19-,20-,21+,22-,23-,27-,28+,29-,30?/m0/s1. The minimum Gasteiger partial charge on any atom is -0.461 e. The molecule has 4 saturated carbocycles. The first-order chi connectivity index (χ1) is 15.2. The molecule has 1 heterocycles. The highest BCUT2D eigenvalue weighted by Crippen LogP contribution is 2.77. The van der Waals surface area contributed by atoms with Crippen molar-refractivity contribution in [2.45, 2.75) is 118 Å². The lowest BCUT2D eigenvalue weighted by Gasteiger charge is -2.70. The Hall–Kier alpha value is -0.830. The number of aliphatic hydroxyl groups excluding tert-OH is 1. The molecule has 6 rings (SSSR count). The summed E-state index contributed by atoms with van der Waals surface area (Å²) in [5.74, 6) is 1.59. The summed E-state index contributed by atoms with van der Waals surface area (Å²) >= 11 is 0. The number of hydrogen-bond acceptors (Lipinski definition) is 3. The van der Waals surface area contributed by atoms with Crippen molar-refractivity contribution >= 4 is 5.97 Å². The molecule has 2 bridgehead atoms. The van der Waals surface area contributed by atoms with Crippen molar-refractivity contribution in [2.75, 3.05) is 0 Å². The van der Waals surface area contributed by atoms with Gasteiger partial charge in [-0.2, -0.15) is 0 Å². The third kappa shape index (κ3) is 2.44. The normalized spacial score (nSPS) is 55.9. The van der Waals surface area contributed by atoms with Crippen LogP contribution in [0.2, 0.25) is 0 Å². The maximum atomic E-state index is 13.5. The van der Waals surface area contributed by atoms with E-state index in [2.05, 4.69) is 54.5 Å². The van der Waals surface area contributed by atoms with Crippen LogP contribution in [0.3, 0.4) is 0 Å². The van der Waals surface area contributed by atoms with Gasteiger partial charge in [-0.05, 0) is 90.8 Å². The van der Waals surface area contributed by atoms with E-state index in [1.54, 1.807) is 5.57 Å². The molecule has 0 aromatic rings. The molecule has 1 unspecified atom stereocenters. The summed E-state index contributed by atoms with van der Waals surface area (Å²) in [6.45, 7) is 17.0. The van der Waals surface area contributed by atoms with Crippen LogP contribution in [0.25, 0.3) is 0 Å². The lowest BCUT2D eigenvalue weighted by molar-refractivity contribution is -0.212. The maximum absolute atomic E-state index is 13.5. The number of allylic oxidation sites excluding steroid dienone is 1. The number of esters is 1. The van der Waals surface area contributed by atoms with E-state index in [-0.39, 0.29) is 50.7 Å². The summed E-state index contributed by atoms with van der Waals surface area (Å²) in [7, 11) is 0. The monoisotopic (exact) mass is 454 g/mol. The quantitative estimate of drug-likeness (QED) is 0.328. The van der Waals surface area contributed by atoms with Gasteiger partial charge in [-0.1, -0.05) is 60.1 Å². The van der Waals surface area contributed by atoms with Crippen LogP contribution < -0.4 is 0 Å². The van der Waals surface area contributed by atoms with E-state index in [1.807, 2.05) is 0 Å². The first-order valence-corrected chi connectivity index (χ1v) is 13.8. The molecule has 9 atom stereocenters. The summed E-state index contributed by atoms with van der Waals surface area (Å²) in [4.78, 5) is 13.5. The van der Waals surface area contributed by atoms with Crippen LogP contribution in [0.1, 0.15) is 106 Å². The fraction of sp³-hybridized carbons (Fsp3) is 0.900. The Bertz CT molecular complexity index is 931. The Morgan fingerprint density at radius 3 is 2.36 bits per heavy atom. The maximum Gasteiger partial charge on any atom is 0.313 e. The zero-order valence-corrected chi connectivity index (χ0v) is 22.1. The lowest BCUT2D eigenvalue weighted by Crippen LogP contribution is -2.66. The second-order valence-corrected chi connectivity index (χ2v) is 15.2. The van der Waals surface area contributed by atoms with E-state index in [1.165, 1.54) is 12.8 Å². The van der Waals surface area contributed by atoms with E-state index in [0.717, 1.165) is 44.9 Å². The molecule has 0 radical (unpaired) electrons. The van der Waals surface area contributed by atoms with Crippen molar-refractivity contribution in [3.05, 3.63) is 11.6 Å². The smallest absolute Gasteiger partial charge is 0.313 e. The van der Waals surface area contributed by atoms with Gasteiger partial charge in [0, 0.05) is 11.8 Å². The minimum absolute atomic E-state index is 0.0313. The highest BCUT2D eigenvalue weighted by atomic mass is 16.6. The highest BCUT2D eigenvalue weighted by molar-refractivity contribution is 5.82. The zero-order valence-electron chi connectivity index (χ0n) is 22.1. The second kappa shape index (κ2) is 6.29. The molecule has 5 aliphatic carbocycles. The van der Waals surface area contributed by atoms with Gasteiger partial charge in [0.1, 0.15) is 6.10 Å². The zero-order chi connectivity index (χ0) is 23.8. The number of rotatable bonds is 0. The molecule has 0 aromatic carbocycles. The molecule has 0 aromatic heterocycles. The Balaban J connectivity index is 1.48. The largest absolute Gasteiger partial charge is 0.461 e. The molecule has 5 fully saturated rings. The van der Waals surface area contributed by atoms with Gasteiger partial charge in [-0.3, -0.25) is 4.79 Å². The second-order valence-electron chi connectivity index (χ2n) is 15.2. The van der Waals surface area contributed by atoms with Crippen LogP contribution in [0, 0.1) is 50.2 Å². The van der Waals surface area contributed by atoms with Gasteiger partial charge in [0.05, 0.1) is 11.5 Å². The van der Waals surface area contributed by atoms with E-state index in [0.29, 0.717) is 17.8 Å². The number of carbonyl (C=O) groups excluding carboxylic acids is 1. The summed E-state index contributed by atoms with van der Waals surface area (Å²) in [5.41, 5.74) is 1.87. The summed E-state index contributed by atoms with van der Waals surface area (Å²) in [6.07, 6.45) is 12.2. The molecule has 33 heavy (non-hydrogen) atoms. The summed E-state index contributed by atoms with van der Waals surface area (Å²) in [6, 6.07) is 0. The SMILES string of the molecule is CC1(C)CCC23C[C@H](OC2=O)[C@]2(C)C(=CC[C@@H]4[C@@]5(C)CC[C@H](O)C(C)(C)[C@@H]5CC[C@]42C)[C@@H]3C1. The van der Waals surface area contributed by atoms with Gasteiger partial charge < -0.3 is 9.84 Å². The third-order valence-electron chi connectivity index (χ3n) is 13.3. The van der Waals surface area contributed by atoms with Crippen molar-refractivity contribution in [3.8, 4) is 0 Å². The van der Waals surface area contributed by atoms with Crippen LogP contribution in [-0.2, 0) is 9.53 Å². The topological polar surface area (TPSA) is 46.5 Å². The van der Waals surface area contributed by atoms with Crippen molar-refractivity contribution in [2.24, 2.45) is 50.2 Å². The van der Waals surface area contributed by atoms with Crippen molar-refractivity contribution in [1.82, 2.24) is 0 Å². The van der Waals surface area contributed by atoms with Gasteiger partial charge in [-0.25, -0.2) is 0 Å². The predicted octanol–water partition coefficient (Wildman–Crippen LogP) is 6.68. The predicted molar refractivity (Wildman–Crippen MR) is 130 cm³/mol. The Morgan fingerprint density at radius 2 is 1.64 bits per heavy atom. The summed E-state index contributed by atoms with van der Waals surface area (Å²) in [5, 5.41) is 10.9. The van der Waals surface area contributed by atoms with Crippen LogP contribution in [0.5, 0.6) is 0 Å². The molecule has 1 N–H and O–H groups in total. The summed E-state index contributed by atoms with van der Waals surface area (Å²) < 4.78 is 6.41. The van der Waals surface area contributed by atoms with E-state index >= 15 is 0 Å². The molecule has 1 aliphatic heterocycles. The number of carbonyl (C=O) groups is 1. The van der Waals surface area contributed by atoms with Gasteiger partial charge in [0.2, 0.25) is 0 Å². The van der Waals surface area contributed by atoms with Gasteiger partial charge in [0.25, 0.3) is 0 Å². The number of fused-ring (bicyclic) bond motifs is 8. The molecule has 184 valence electrons. The van der Waals surface area contributed by atoms with Crippen molar-refractivity contribution in [1.29, 1.82) is 0 Å². The first kappa shape index (κ1) is 22.6. The van der Waals surface area contributed by atoms with Gasteiger partial charge in [0.15, 0.2) is 0 Å². The molecule has 1 spiro atoms. The molecule has 1 saturated heterocycles. The van der Waals surface area contributed by atoms with Crippen LogP contribution >= 0.6 is 0 Å².